The van der Waals surface area contributed by atoms with Crippen molar-refractivity contribution in [3.63, 3.8) is 0 Å². The molecule has 8 aromatic rings. The number of rotatable bonds is 13. The van der Waals surface area contributed by atoms with Crippen LogP contribution in [-0.4, -0.2) is 16.7 Å². The van der Waals surface area contributed by atoms with Gasteiger partial charge in [-0.15, -0.1) is 5.53 Å². The van der Waals surface area contributed by atoms with Gasteiger partial charge < -0.3 is 10.4 Å². The van der Waals surface area contributed by atoms with Crippen molar-refractivity contribution < 1.29 is 5.11 Å². The van der Waals surface area contributed by atoms with Crippen LogP contribution in [0.1, 0.15) is 56.8 Å². The third kappa shape index (κ3) is 6.48. The van der Waals surface area contributed by atoms with Crippen LogP contribution in [0.2, 0.25) is 0 Å². The van der Waals surface area contributed by atoms with E-state index in [1.807, 2.05) is 6.07 Å². The first-order chi connectivity index (χ1) is 28.7. The van der Waals surface area contributed by atoms with Gasteiger partial charge in [-0.25, -0.2) is 4.98 Å². The molecule has 0 radical (unpaired) electrons. The lowest BCUT2D eigenvalue weighted by molar-refractivity contribution is 0.281. The number of aliphatic hydroxyl groups is 1. The Labute approximate surface area is 340 Å². The van der Waals surface area contributed by atoms with Crippen LogP contribution in [0.3, 0.4) is 0 Å². The molecule has 1 atom stereocenters. The van der Waals surface area contributed by atoms with Crippen LogP contribution in [0.15, 0.2) is 218 Å². The van der Waals surface area contributed by atoms with Crippen LogP contribution in [0.4, 0.5) is 17.3 Å². The van der Waals surface area contributed by atoms with Crippen LogP contribution in [0, 0.1) is 0 Å². The molecule has 2 heterocycles. The van der Waals surface area contributed by atoms with Crippen molar-refractivity contribution in [1.29, 1.82) is 0 Å². The summed E-state index contributed by atoms with van der Waals surface area (Å²) >= 11 is 0. The number of fused-ring (bicyclic) bond motifs is 1. The average Bonchev–Trinajstić information content (AvgIpc) is 3.74. The maximum absolute atomic E-state index is 10.7. The zero-order valence-electron chi connectivity index (χ0n) is 32.1. The molecule has 9 rings (SSSR count). The Morgan fingerprint density at radius 3 is 1.29 bits per heavy atom. The van der Waals surface area contributed by atoms with Gasteiger partial charge in [-0.05, 0) is 57.0 Å². The largest absolute Gasteiger partial charge is 0.396 e. The number of nitrogens with zero attached hydrogens (tertiary/aromatic N) is 2. The van der Waals surface area contributed by atoms with Gasteiger partial charge in [-0.1, -0.05) is 212 Å². The molecule has 0 spiro atoms. The summed E-state index contributed by atoms with van der Waals surface area (Å²) in [5.41, 5.74) is 15.0. The van der Waals surface area contributed by atoms with E-state index in [-0.39, 0.29) is 12.5 Å². The third-order valence-electron chi connectivity index (χ3n) is 11.4. The van der Waals surface area contributed by atoms with Gasteiger partial charge in [0.05, 0.1) is 5.69 Å². The lowest BCUT2D eigenvalue weighted by Crippen LogP contribution is -2.54. The van der Waals surface area contributed by atoms with Crippen molar-refractivity contribution >= 4 is 17.3 Å². The van der Waals surface area contributed by atoms with E-state index in [1.54, 1.807) is 0 Å². The third-order valence-corrected chi connectivity index (χ3v) is 11.4. The lowest BCUT2D eigenvalue weighted by atomic mass is 9.76. The Balaban J connectivity index is 1.35. The number of hydrogen-bond donors (Lipinski definition) is 4. The molecule has 0 fully saturated rings. The summed E-state index contributed by atoms with van der Waals surface area (Å²) in [5, 5.41) is 16.9. The molecule has 1 aromatic heterocycles. The van der Waals surface area contributed by atoms with Gasteiger partial charge in [0.1, 0.15) is 16.9 Å². The molecule has 284 valence electrons. The average molecular weight is 756 g/mol. The van der Waals surface area contributed by atoms with Crippen molar-refractivity contribution in [2.45, 2.75) is 23.4 Å². The zero-order valence-corrected chi connectivity index (χ0v) is 32.1. The monoisotopic (exact) mass is 755 g/mol. The maximum Gasteiger partial charge on any atom is 0.173 e. The highest BCUT2D eigenvalue weighted by atomic mass is 16.3. The number of aliphatic hydroxyl groups excluding tert-OH is 1. The van der Waals surface area contributed by atoms with Gasteiger partial charge >= 0.3 is 0 Å². The van der Waals surface area contributed by atoms with Crippen molar-refractivity contribution in [3.8, 4) is 0 Å². The summed E-state index contributed by atoms with van der Waals surface area (Å²) in [5.74, 6) is 1.25. The summed E-state index contributed by atoms with van der Waals surface area (Å²) in [6.07, 6.45) is 0.518. The normalized spacial score (nSPS) is 13.0. The number of pyridine rings is 1. The smallest absolute Gasteiger partial charge is 0.173 e. The Morgan fingerprint density at radius 1 is 0.517 bits per heavy atom. The Hall–Kier alpha value is -6.99. The summed E-state index contributed by atoms with van der Waals surface area (Å²) in [6.45, 7) is 0.0144. The summed E-state index contributed by atoms with van der Waals surface area (Å²) in [6, 6.07) is 76.3. The van der Waals surface area contributed by atoms with Gasteiger partial charge in [0.15, 0.2) is 5.82 Å². The molecule has 0 amide bonds. The van der Waals surface area contributed by atoms with Crippen molar-refractivity contribution in [3.05, 3.63) is 263 Å². The molecular formula is C52H45N5O. The number of aromatic nitrogens is 1. The molecular weight excluding hydrogens is 711 g/mol. The molecule has 0 bridgehead atoms. The van der Waals surface area contributed by atoms with Crippen LogP contribution in [-0.2, 0) is 11.1 Å². The zero-order chi connectivity index (χ0) is 39.2. The molecule has 6 heteroatoms. The Morgan fingerprint density at radius 2 is 0.897 bits per heavy atom. The highest BCUT2D eigenvalue weighted by molar-refractivity contribution is 5.80. The van der Waals surface area contributed by atoms with Crippen molar-refractivity contribution in [1.82, 2.24) is 10.5 Å². The van der Waals surface area contributed by atoms with E-state index in [2.05, 4.69) is 234 Å². The van der Waals surface area contributed by atoms with Gasteiger partial charge in [0.25, 0.3) is 0 Å². The number of hydrogen-bond acceptors (Lipinski definition) is 6. The SMILES string of the molecule is OCCC(c1ccccc1)c1cc(NC(c2ccccc2)(c2ccccc2)c2ccccc2)nc2c1NNN2C(c1ccccc1)(c1ccccc1)c1ccccc1. The predicted molar refractivity (Wildman–Crippen MR) is 236 cm³/mol. The fourth-order valence-corrected chi connectivity index (χ4v) is 8.80. The molecule has 7 aromatic carbocycles. The van der Waals surface area contributed by atoms with E-state index in [9.17, 15) is 5.11 Å². The van der Waals surface area contributed by atoms with Crippen LogP contribution >= 0.6 is 0 Å². The highest BCUT2D eigenvalue weighted by Crippen LogP contribution is 2.50. The van der Waals surface area contributed by atoms with E-state index in [4.69, 9.17) is 4.98 Å². The number of benzene rings is 7. The molecule has 6 nitrogen and oxygen atoms in total. The molecule has 0 aliphatic carbocycles. The first-order valence-corrected chi connectivity index (χ1v) is 19.9. The second kappa shape index (κ2) is 16.2. The quantitative estimate of drug-likeness (QED) is 0.0879. The van der Waals surface area contributed by atoms with Gasteiger partial charge in [-0.3, -0.25) is 10.4 Å². The number of nitrogens with one attached hydrogen (secondary N) is 3. The maximum atomic E-state index is 10.7. The van der Waals surface area contributed by atoms with Crippen molar-refractivity contribution in [2.24, 2.45) is 0 Å². The fraction of sp³-hybridized carbons (Fsp3) is 0.0962. The minimum atomic E-state index is -0.875. The van der Waals surface area contributed by atoms with E-state index >= 15 is 0 Å². The molecule has 58 heavy (non-hydrogen) atoms. The standard InChI is InChI=1S/C52H45N5O/c58-37-36-46(39-22-8-1-9-23-39)47-38-48(54-51(40-24-10-2-11-25-40,41-26-12-3-13-27-41)42-28-14-4-15-29-42)53-50-49(47)55-56-57(50)52(43-30-16-5-17-31-43,44-32-18-6-19-33-44)45-34-20-7-21-35-45/h1-35,38,46,55-56,58H,36-37H2,(H,53,54). The number of hydrazine groups is 2. The summed E-state index contributed by atoms with van der Waals surface area (Å²) in [7, 11) is 0. The molecule has 1 aliphatic rings. The summed E-state index contributed by atoms with van der Waals surface area (Å²) in [4.78, 5) is 5.66. The van der Waals surface area contributed by atoms with Crippen LogP contribution < -0.4 is 21.3 Å². The Kier molecular flexibility index (Phi) is 10.3. The lowest BCUT2D eigenvalue weighted by Gasteiger charge is -2.43. The molecule has 4 N–H and O–H groups in total. The van der Waals surface area contributed by atoms with Gasteiger partial charge in [0, 0.05) is 12.5 Å². The molecule has 0 saturated carbocycles. The molecule has 0 saturated heterocycles. The predicted octanol–water partition coefficient (Wildman–Crippen LogP) is 10.6. The highest BCUT2D eigenvalue weighted by Gasteiger charge is 2.48. The number of anilines is 3. The van der Waals surface area contributed by atoms with E-state index in [0.717, 1.165) is 56.0 Å². The second-order valence-electron chi connectivity index (χ2n) is 14.6. The van der Waals surface area contributed by atoms with Crippen LogP contribution in [0.25, 0.3) is 0 Å². The van der Waals surface area contributed by atoms with Gasteiger partial charge in [0.2, 0.25) is 0 Å². The van der Waals surface area contributed by atoms with E-state index in [1.165, 1.54) is 0 Å². The van der Waals surface area contributed by atoms with Crippen LogP contribution in [0.5, 0.6) is 0 Å². The second-order valence-corrected chi connectivity index (χ2v) is 14.6. The first-order valence-electron chi connectivity index (χ1n) is 19.9. The van der Waals surface area contributed by atoms with Gasteiger partial charge in [-0.2, -0.15) is 0 Å². The van der Waals surface area contributed by atoms with E-state index in [0.29, 0.717) is 12.2 Å². The Bertz CT molecular complexity index is 2350. The minimum Gasteiger partial charge on any atom is -0.396 e. The fourth-order valence-electron chi connectivity index (χ4n) is 8.80. The van der Waals surface area contributed by atoms with Crippen molar-refractivity contribution in [2.75, 3.05) is 22.4 Å². The topological polar surface area (TPSA) is 72.4 Å². The summed E-state index contributed by atoms with van der Waals surface area (Å²) < 4.78 is 0. The minimum absolute atomic E-state index is 0.0144. The molecule has 1 aliphatic heterocycles. The molecule has 1 unspecified atom stereocenters. The first kappa shape index (κ1) is 36.6. The van der Waals surface area contributed by atoms with E-state index < -0.39 is 11.1 Å².